The van der Waals surface area contributed by atoms with E-state index < -0.39 is 5.97 Å². The molecule has 2 aromatic rings. The average molecular weight is 249 g/mol. The van der Waals surface area contributed by atoms with Gasteiger partial charge in [0.25, 0.3) is 0 Å². The van der Waals surface area contributed by atoms with E-state index in [4.69, 9.17) is 16.3 Å². The smallest absolute Gasteiger partial charge is 0.321 e. The molecule has 0 unspecified atom stereocenters. The van der Waals surface area contributed by atoms with E-state index in [-0.39, 0.29) is 12.0 Å². The van der Waals surface area contributed by atoms with E-state index in [0.29, 0.717) is 0 Å². The Morgan fingerprint density at radius 2 is 1.94 bits per heavy atom. The van der Waals surface area contributed by atoms with E-state index in [1.165, 1.54) is 5.39 Å². The van der Waals surface area contributed by atoms with Crippen molar-refractivity contribution >= 4 is 28.3 Å². The normalized spacial score (nSPS) is 12.4. The standard InChI is InChI=1S/C14H13ClO2/c1-10(17-14(16)9-15)12-7-6-11-4-2-3-5-13(11)8-12/h2-8,10H,9H2,1H3/t10-/m1/s1. The summed E-state index contributed by atoms with van der Waals surface area (Å²) in [5.41, 5.74) is 0.974. The summed E-state index contributed by atoms with van der Waals surface area (Å²) in [6.45, 7) is 1.84. The molecule has 17 heavy (non-hydrogen) atoms. The Labute approximate surface area is 105 Å². The lowest BCUT2D eigenvalue weighted by Gasteiger charge is -2.13. The molecule has 0 heterocycles. The molecule has 0 bridgehead atoms. The van der Waals surface area contributed by atoms with Crippen molar-refractivity contribution in [2.75, 3.05) is 5.88 Å². The second-order valence-corrected chi connectivity index (χ2v) is 4.14. The summed E-state index contributed by atoms with van der Waals surface area (Å²) in [4.78, 5) is 11.1. The van der Waals surface area contributed by atoms with Crippen molar-refractivity contribution in [2.24, 2.45) is 0 Å². The molecule has 2 nitrogen and oxygen atoms in total. The highest BCUT2D eigenvalue weighted by Crippen LogP contribution is 2.22. The summed E-state index contributed by atoms with van der Waals surface area (Å²) >= 11 is 5.40. The van der Waals surface area contributed by atoms with Crippen LogP contribution in [0.4, 0.5) is 0 Å². The molecule has 0 spiro atoms. The van der Waals surface area contributed by atoms with Crippen LogP contribution in [0.1, 0.15) is 18.6 Å². The van der Waals surface area contributed by atoms with Crippen molar-refractivity contribution in [2.45, 2.75) is 13.0 Å². The number of alkyl halides is 1. The Kier molecular flexibility index (Phi) is 3.64. The summed E-state index contributed by atoms with van der Waals surface area (Å²) in [6.07, 6.45) is -0.272. The summed E-state index contributed by atoms with van der Waals surface area (Å²) < 4.78 is 5.16. The molecular formula is C14H13ClO2. The Morgan fingerprint density at radius 1 is 1.24 bits per heavy atom. The van der Waals surface area contributed by atoms with Gasteiger partial charge in [-0.2, -0.15) is 0 Å². The number of esters is 1. The Morgan fingerprint density at radius 3 is 2.65 bits per heavy atom. The molecule has 0 radical (unpaired) electrons. The first kappa shape index (κ1) is 11.9. The molecule has 0 fully saturated rings. The van der Waals surface area contributed by atoms with Crippen LogP contribution in [0.15, 0.2) is 42.5 Å². The molecule has 88 valence electrons. The minimum Gasteiger partial charge on any atom is -0.457 e. The van der Waals surface area contributed by atoms with Crippen molar-refractivity contribution in [1.82, 2.24) is 0 Å². The molecule has 0 N–H and O–H groups in total. The van der Waals surface area contributed by atoms with Crippen molar-refractivity contribution < 1.29 is 9.53 Å². The third-order valence-electron chi connectivity index (χ3n) is 2.66. The van der Waals surface area contributed by atoms with Crippen LogP contribution in [0, 0.1) is 0 Å². The molecule has 0 amide bonds. The summed E-state index contributed by atoms with van der Waals surface area (Å²) in [5, 5.41) is 2.31. The zero-order valence-electron chi connectivity index (χ0n) is 9.52. The Balaban J connectivity index is 2.26. The second-order valence-electron chi connectivity index (χ2n) is 3.87. The highest BCUT2D eigenvalue weighted by atomic mass is 35.5. The van der Waals surface area contributed by atoms with E-state index in [2.05, 4.69) is 6.07 Å². The van der Waals surface area contributed by atoms with Crippen LogP contribution < -0.4 is 0 Å². The zero-order valence-corrected chi connectivity index (χ0v) is 10.3. The number of benzene rings is 2. The quantitative estimate of drug-likeness (QED) is 0.612. The number of hydrogen-bond donors (Lipinski definition) is 0. The summed E-state index contributed by atoms with van der Waals surface area (Å²) in [6, 6.07) is 14.1. The van der Waals surface area contributed by atoms with E-state index in [1.807, 2.05) is 43.3 Å². The van der Waals surface area contributed by atoms with Crippen LogP contribution in [0.3, 0.4) is 0 Å². The molecular weight excluding hydrogens is 236 g/mol. The number of halogens is 1. The third kappa shape index (κ3) is 2.77. The van der Waals surface area contributed by atoms with Gasteiger partial charge in [-0.25, -0.2) is 0 Å². The molecule has 0 saturated carbocycles. The van der Waals surface area contributed by atoms with Gasteiger partial charge in [-0.1, -0.05) is 36.4 Å². The van der Waals surface area contributed by atoms with Gasteiger partial charge in [-0.3, -0.25) is 4.79 Å². The van der Waals surface area contributed by atoms with Gasteiger partial charge in [0.1, 0.15) is 12.0 Å². The SMILES string of the molecule is C[C@@H](OC(=O)CCl)c1ccc2ccccc2c1. The van der Waals surface area contributed by atoms with Gasteiger partial charge in [0.2, 0.25) is 0 Å². The monoisotopic (exact) mass is 248 g/mol. The maximum Gasteiger partial charge on any atom is 0.321 e. The number of hydrogen-bond acceptors (Lipinski definition) is 2. The molecule has 0 aliphatic heterocycles. The Hall–Kier alpha value is -1.54. The van der Waals surface area contributed by atoms with Crippen molar-refractivity contribution in [1.29, 1.82) is 0 Å². The van der Waals surface area contributed by atoms with Crippen molar-refractivity contribution in [3.8, 4) is 0 Å². The van der Waals surface area contributed by atoms with E-state index in [1.54, 1.807) is 0 Å². The van der Waals surface area contributed by atoms with Gasteiger partial charge >= 0.3 is 5.97 Å². The van der Waals surface area contributed by atoms with Gasteiger partial charge < -0.3 is 4.74 Å². The van der Waals surface area contributed by atoms with Crippen molar-refractivity contribution in [3.05, 3.63) is 48.0 Å². The van der Waals surface area contributed by atoms with Gasteiger partial charge in [0, 0.05) is 0 Å². The third-order valence-corrected chi connectivity index (χ3v) is 2.88. The minimum atomic E-state index is -0.396. The van der Waals surface area contributed by atoms with E-state index >= 15 is 0 Å². The Bertz CT molecular complexity index is 536. The second kappa shape index (κ2) is 5.19. The van der Waals surface area contributed by atoms with Crippen LogP contribution in [0.5, 0.6) is 0 Å². The first-order chi connectivity index (χ1) is 8.20. The van der Waals surface area contributed by atoms with E-state index in [0.717, 1.165) is 10.9 Å². The first-order valence-corrected chi connectivity index (χ1v) is 5.98. The maximum atomic E-state index is 11.1. The molecule has 0 aromatic heterocycles. The zero-order chi connectivity index (χ0) is 12.3. The fraction of sp³-hybridized carbons (Fsp3) is 0.214. The minimum absolute atomic E-state index is 0.113. The van der Waals surface area contributed by atoms with Crippen LogP contribution in [-0.2, 0) is 9.53 Å². The predicted molar refractivity (Wildman–Crippen MR) is 69.2 cm³/mol. The van der Waals surface area contributed by atoms with Gasteiger partial charge in [0.05, 0.1) is 0 Å². The average Bonchev–Trinajstić information content (AvgIpc) is 2.38. The largest absolute Gasteiger partial charge is 0.457 e. The summed E-state index contributed by atoms with van der Waals surface area (Å²) in [5.74, 6) is -0.509. The predicted octanol–water partition coefficient (Wildman–Crippen LogP) is 3.68. The maximum absolute atomic E-state index is 11.1. The van der Waals surface area contributed by atoms with Crippen molar-refractivity contribution in [3.63, 3.8) is 0 Å². The molecule has 1 atom stereocenters. The van der Waals surface area contributed by atoms with Gasteiger partial charge in [-0.15, -0.1) is 11.6 Å². The highest BCUT2D eigenvalue weighted by molar-refractivity contribution is 6.26. The molecule has 3 heteroatoms. The highest BCUT2D eigenvalue weighted by Gasteiger charge is 2.10. The van der Waals surface area contributed by atoms with Gasteiger partial charge in [0.15, 0.2) is 0 Å². The number of carbonyl (C=O) groups excluding carboxylic acids is 1. The number of rotatable bonds is 3. The van der Waals surface area contributed by atoms with Crippen LogP contribution >= 0.6 is 11.6 Å². The fourth-order valence-corrected chi connectivity index (χ4v) is 1.82. The lowest BCUT2D eigenvalue weighted by atomic mass is 10.0. The first-order valence-electron chi connectivity index (χ1n) is 5.45. The topological polar surface area (TPSA) is 26.3 Å². The van der Waals surface area contributed by atoms with E-state index in [9.17, 15) is 4.79 Å². The fourth-order valence-electron chi connectivity index (χ4n) is 1.76. The number of fused-ring (bicyclic) bond motifs is 1. The molecule has 0 aliphatic rings. The van der Waals surface area contributed by atoms with Gasteiger partial charge in [-0.05, 0) is 29.3 Å². The lowest BCUT2D eigenvalue weighted by molar-refractivity contribution is -0.145. The van der Waals surface area contributed by atoms with Crippen LogP contribution in [0.2, 0.25) is 0 Å². The lowest BCUT2D eigenvalue weighted by Crippen LogP contribution is -2.09. The van der Waals surface area contributed by atoms with Crippen LogP contribution in [-0.4, -0.2) is 11.8 Å². The number of ether oxygens (including phenoxy) is 1. The molecule has 0 saturated heterocycles. The molecule has 2 aromatic carbocycles. The molecule has 2 rings (SSSR count). The summed E-state index contributed by atoms with van der Waals surface area (Å²) in [7, 11) is 0. The number of carbonyl (C=O) groups is 1. The van der Waals surface area contributed by atoms with Crippen LogP contribution in [0.25, 0.3) is 10.8 Å². The molecule has 0 aliphatic carbocycles.